The number of nitrogens with zero attached hydrogens (tertiary/aromatic N) is 6. The van der Waals surface area contributed by atoms with Gasteiger partial charge < -0.3 is 52.4 Å². The van der Waals surface area contributed by atoms with Gasteiger partial charge in [-0.05, 0) is 205 Å². The molecule has 19 nitrogen and oxygen atoms in total. The molecule has 0 radical (unpaired) electrons. The van der Waals surface area contributed by atoms with Gasteiger partial charge in [0, 0.05) is 60.9 Å². The van der Waals surface area contributed by atoms with Crippen molar-refractivity contribution < 1.29 is 51.4 Å². The molecular weight excluding hydrogens is 1170 g/mol. The van der Waals surface area contributed by atoms with Crippen molar-refractivity contribution in [2.45, 2.75) is 66.6 Å². The van der Waals surface area contributed by atoms with Crippen molar-refractivity contribution in [1.82, 2.24) is 15.0 Å². The van der Waals surface area contributed by atoms with Crippen molar-refractivity contribution in [2.24, 2.45) is 0 Å². The van der Waals surface area contributed by atoms with E-state index in [-0.39, 0.29) is 11.4 Å². The number of alkyl halides is 1. The molecule has 0 spiro atoms. The number of fused-ring (bicyclic) bond motifs is 3. The first-order chi connectivity index (χ1) is 42.9. The fraction of sp³-hybridized carbons (Fsp3) is 0.243. The number of nitrogens with one attached hydrogen (secondary N) is 1. The van der Waals surface area contributed by atoms with Crippen molar-refractivity contribution in [2.75, 3.05) is 64.0 Å². The predicted molar refractivity (Wildman–Crippen MR) is 355 cm³/mol. The largest absolute Gasteiger partial charge is 0.497 e. The van der Waals surface area contributed by atoms with Crippen molar-refractivity contribution in [3.8, 4) is 52.8 Å². The second-order valence-corrected chi connectivity index (χ2v) is 21.2. The summed E-state index contributed by atoms with van der Waals surface area (Å²) in [5.74, 6) is 23.0. The number of methoxy groups -OCH3 is 3. The van der Waals surface area contributed by atoms with Crippen molar-refractivity contribution in [1.29, 1.82) is 0 Å². The lowest BCUT2D eigenvalue weighted by Crippen LogP contribution is -2.34. The molecule has 0 saturated heterocycles. The Labute approximate surface area is 528 Å². The summed E-state index contributed by atoms with van der Waals surface area (Å²) in [6.07, 6.45) is 10.7. The third kappa shape index (κ3) is 19.8. The molecule has 6 heterocycles. The van der Waals surface area contributed by atoms with E-state index in [0.29, 0.717) is 22.9 Å². The number of halogens is 1. The molecule has 0 aliphatic heterocycles. The maximum atomic E-state index is 12.2. The van der Waals surface area contributed by atoms with E-state index in [1.807, 2.05) is 139 Å². The van der Waals surface area contributed by atoms with Crippen LogP contribution in [0.25, 0.3) is 51.1 Å². The molecule has 6 aromatic heterocycles. The molecule has 0 aliphatic rings. The van der Waals surface area contributed by atoms with Crippen LogP contribution >= 0.6 is 11.6 Å². The second kappa shape index (κ2) is 31.6. The number of aryl methyl sites for hydroxylation is 2. The molecule has 0 fully saturated rings. The third-order valence-corrected chi connectivity index (χ3v) is 12.3. The van der Waals surface area contributed by atoms with Crippen LogP contribution in [0.3, 0.4) is 0 Å². The van der Waals surface area contributed by atoms with Crippen LogP contribution < -0.4 is 29.3 Å². The van der Waals surface area contributed by atoms with Crippen LogP contribution in [0, 0.1) is 59.5 Å². The number of carbonyl (C=O) groups is 2. The Balaban J connectivity index is 0.000000214. The number of carbonyl (C=O) groups excluding carboxylic acids is 2. The van der Waals surface area contributed by atoms with E-state index in [4.69, 9.17) is 36.9 Å². The Kier molecular flexibility index (Phi) is 24.0. The second-order valence-electron chi connectivity index (χ2n) is 21.2. The van der Waals surface area contributed by atoms with Gasteiger partial charge in [-0.15, -0.1) is 11.6 Å². The fourth-order valence-corrected chi connectivity index (χ4v) is 7.89. The molecule has 1 N–H and O–H groups in total. The third-order valence-electron chi connectivity index (χ3n) is 12.3. The van der Waals surface area contributed by atoms with Crippen molar-refractivity contribution >= 4 is 98.2 Å². The first-order valence-electron chi connectivity index (χ1n) is 27.8. The van der Waals surface area contributed by atoms with Crippen LogP contribution in [-0.4, -0.2) is 92.1 Å². The molecular formula is C70H70ClN7O12. The Morgan fingerprint density at radius 3 is 1.24 bits per heavy atom. The number of rotatable bonds is 10. The first-order valence-corrected chi connectivity index (χ1v) is 28.6. The molecule has 0 bridgehead atoms. The van der Waals surface area contributed by atoms with Gasteiger partial charge >= 0.3 is 18.0 Å². The van der Waals surface area contributed by atoms with Gasteiger partial charge in [0.25, 0.3) is 5.82 Å². The normalized spacial score (nSPS) is 10.9. The smallest absolute Gasteiger partial charge is 0.417 e. The zero-order valence-electron chi connectivity index (χ0n) is 52.8. The van der Waals surface area contributed by atoms with Gasteiger partial charge in [0.2, 0.25) is 0 Å². The van der Waals surface area contributed by atoms with E-state index in [1.54, 1.807) is 79.5 Å². The topological polar surface area (TPSA) is 220 Å². The number of nitro groups is 1. The number of amides is 2. The molecule has 9 aromatic rings. The fourth-order valence-electron chi connectivity index (χ4n) is 7.89. The van der Waals surface area contributed by atoms with Crippen molar-refractivity contribution in [3.63, 3.8) is 0 Å². The number of anilines is 3. The number of hydrogen-bond donors (Lipinski definition) is 1. The Bertz CT molecular complexity index is 4320. The summed E-state index contributed by atoms with van der Waals surface area (Å²) >= 11 is 4.64. The van der Waals surface area contributed by atoms with Gasteiger partial charge in [-0.25, -0.2) is 24.5 Å². The Morgan fingerprint density at radius 1 is 0.544 bits per heavy atom. The number of benzene rings is 3. The number of furan rings is 3. The molecule has 20 heteroatoms. The Hall–Kier alpha value is -10.9. The summed E-state index contributed by atoms with van der Waals surface area (Å²) in [4.78, 5) is 50.6. The average Bonchev–Trinajstić information content (AvgIpc) is 1.73. The van der Waals surface area contributed by atoms with Crippen molar-refractivity contribution in [3.05, 3.63) is 183 Å². The molecule has 0 aliphatic carbocycles. The van der Waals surface area contributed by atoms with Gasteiger partial charge in [-0.1, -0.05) is 35.5 Å². The lowest BCUT2D eigenvalue weighted by atomic mass is 10.2. The summed E-state index contributed by atoms with van der Waals surface area (Å²) in [6, 6.07) is 32.9. The van der Waals surface area contributed by atoms with Gasteiger partial charge in [0.05, 0.1) is 32.7 Å². The first kappa shape index (κ1) is 68.2. The van der Waals surface area contributed by atoms with Crippen LogP contribution in [0.2, 0.25) is 0 Å². The molecule has 0 unspecified atom stereocenters. The minimum Gasteiger partial charge on any atom is -0.497 e. The maximum Gasteiger partial charge on any atom is 0.417 e. The van der Waals surface area contributed by atoms with E-state index in [9.17, 15) is 19.7 Å². The average molecular weight is 1240 g/mol. The van der Waals surface area contributed by atoms with Crippen LogP contribution in [0.5, 0.6) is 17.2 Å². The highest BCUT2D eigenvalue weighted by Gasteiger charge is 2.26. The molecule has 0 atom stereocenters. The number of pyridine rings is 3. The van der Waals surface area contributed by atoms with Gasteiger partial charge in [0.15, 0.2) is 0 Å². The minimum atomic E-state index is -0.707. The van der Waals surface area contributed by atoms with E-state index >= 15 is 0 Å². The highest BCUT2D eigenvalue weighted by molar-refractivity contribution is 6.15. The van der Waals surface area contributed by atoms with Gasteiger partial charge in [-0.2, -0.15) is 0 Å². The number of hydrogen-bond acceptors (Lipinski definition) is 16. The quantitative estimate of drug-likeness (QED) is 0.0582. The molecule has 3 aromatic carbocycles. The molecule has 9 rings (SSSR count). The lowest BCUT2D eigenvalue weighted by molar-refractivity contribution is -0.389. The summed E-state index contributed by atoms with van der Waals surface area (Å²) in [5, 5.41) is 17.4. The van der Waals surface area contributed by atoms with E-state index < -0.39 is 34.1 Å². The zero-order valence-corrected chi connectivity index (χ0v) is 53.6. The highest BCUT2D eigenvalue weighted by Crippen LogP contribution is 2.28. The summed E-state index contributed by atoms with van der Waals surface area (Å²) in [5.41, 5.74) is 4.47. The minimum absolute atomic E-state index is 0.0785. The van der Waals surface area contributed by atoms with Crippen LogP contribution in [0.1, 0.15) is 86.9 Å². The lowest BCUT2D eigenvalue weighted by Gasteiger charge is -2.24. The van der Waals surface area contributed by atoms with E-state index in [2.05, 4.69) is 67.4 Å². The standard InChI is InChI=1S/C25H26N2O4.C24H23N3O6.C20H18N2O2.CH3Cl/c1-17-18(11-14-23(26-17)27(5)24(28)31-25(2,3)4)9-7-8-10-21-16-19-15-20(29-6)12-13-22(19)30-21;1-24(2,3)33-23(28)26(4)21-13-10-16(22(25-21)27(29)30)8-6-7-9-19-15-17-14-18(31-5)11-12-20(17)32-19;1-14-15(8-11-20(21-2)22-14)6-4-5-7-18-13-16-12-17(23-3)9-10-19(16)24-18;1-2/h8,10-16H,1-6H3;7,9-15H,1-5H3;5,7-13H,1-3H3,(H,21,22);1H3/b10-8+;9-7+;7-5+;. The number of allylic oxidation sites excluding steroid dienone is 3. The van der Waals surface area contributed by atoms with Crippen LogP contribution in [0.4, 0.5) is 32.9 Å². The summed E-state index contributed by atoms with van der Waals surface area (Å²) in [7, 11) is 9.78. The molecule has 2 amide bonds. The predicted octanol–water partition coefficient (Wildman–Crippen LogP) is 15.9. The maximum absolute atomic E-state index is 12.2. The summed E-state index contributed by atoms with van der Waals surface area (Å²) in [6.45, 7) is 14.5. The van der Waals surface area contributed by atoms with Gasteiger partial charge in [-0.3, -0.25) is 4.90 Å². The van der Waals surface area contributed by atoms with Crippen LogP contribution in [0.15, 0.2) is 141 Å². The SMILES string of the molecule is CCl.CNc1ccc(C#C/C=C/c2cc3cc(OC)ccc3o2)c(C)n1.COc1ccc2oc(/C=C/C#Cc3ccc(N(C)C(=O)OC(C)(C)C)nc3C)cc2c1.COc1ccc2oc(/C=C/C#Cc3ccc(N(C)C(=O)OC(C)(C)C)nc3[N+](=O)[O-])cc2c1. The van der Waals surface area contributed by atoms with E-state index in [1.165, 1.54) is 36.5 Å². The molecule has 90 heavy (non-hydrogen) atoms. The Morgan fingerprint density at radius 2 is 0.900 bits per heavy atom. The summed E-state index contributed by atoms with van der Waals surface area (Å²) < 4.78 is 43.5. The van der Waals surface area contributed by atoms with E-state index in [0.717, 1.165) is 83.6 Å². The number of ether oxygens (including phenoxy) is 5. The van der Waals surface area contributed by atoms with Gasteiger partial charge in [0.1, 0.15) is 79.7 Å². The zero-order chi connectivity index (χ0) is 65.7. The molecule has 464 valence electrons. The molecule has 0 saturated carbocycles. The highest BCUT2D eigenvalue weighted by atomic mass is 35.5. The van der Waals surface area contributed by atoms with Crippen LogP contribution in [-0.2, 0) is 9.47 Å². The monoisotopic (exact) mass is 1240 g/mol. The number of aromatic nitrogens is 3.